The highest BCUT2D eigenvalue weighted by Crippen LogP contribution is 2.50. The lowest BCUT2D eigenvalue weighted by atomic mass is 9.76. The summed E-state index contributed by atoms with van der Waals surface area (Å²) in [5, 5.41) is 42.5. The van der Waals surface area contributed by atoms with Crippen molar-refractivity contribution in [3.63, 3.8) is 0 Å². The Morgan fingerprint density at radius 3 is 1.47 bits per heavy atom. The molecule has 0 aliphatic carbocycles. The Hall–Kier alpha value is -3.04. The van der Waals surface area contributed by atoms with Crippen molar-refractivity contribution >= 4 is 31.5 Å². The predicted molar refractivity (Wildman–Crippen MR) is 425 cm³/mol. The van der Waals surface area contributed by atoms with Crippen molar-refractivity contribution in [2.24, 2.45) is 53.3 Å². The van der Waals surface area contributed by atoms with Gasteiger partial charge in [0.25, 0.3) is 0 Å². The molecule has 15 heterocycles. The zero-order valence-electron chi connectivity index (χ0n) is 69.6. The van der Waals surface area contributed by atoms with E-state index in [0.29, 0.717) is 69.6 Å². The lowest BCUT2D eigenvalue weighted by Gasteiger charge is -2.51. The molecule has 0 saturated carbocycles. The molecule has 21 heteroatoms. The molecule has 0 aromatic heterocycles. The van der Waals surface area contributed by atoms with Gasteiger partial charge in [-0.15, -0.1) is 0 Å². The number of fused-ring (bicyclic) bond motifs is 9. The van der Waals surface area contributed by atoms with Gasteiger partial charge in [0.2, 0.25) is 0 Å². The Morgan fingerprint density at radius 1 is 0.477 bits per heavy atom. The van der Waals surface area contributed by atoms with Crippen LogP contribution in [-0.4, -0.2) is 217 Å². The number of ketones is 4. The number of hydrogen-bond donors (Lipinski definition) is 4. The maximum absolute atomic E-state index is 14.2. The Labute approximate surface area is 664 Å². The summed E-state index contributed by atoms with van der Waals surface area (Å²) in [4.78, 5) is 54.6. The highest BCUT2D eigenvalue weighted by molar-refractivity contribution is 6.74. The summed E-state index contributed by atoms with van der Waals surface area (Å²) in [6.45, 7) is 46.5. The molecule has 12 fully saturated rings. The molecule has 0 aromatic carbocycles. The van der Waals surface area contributed by atoms with E-state index in [1.165, 1.54) is 0 Å². The van der Waals surface area contributed by atoms with Crippen LogP contribution in [0.1, 0.15) is 243 Å². The summed E-state index contributed by atoms with van der Waals surface area (Å²) in [7, 11) is -2.23. The first-order valence-electron chi connectivity index (χ1n) is 43.6. The number of aliphatic hydroxyl groups excluding tert-OH is 4. The monoisotopic (exact) mass is 1570 g/mol. The quantitative estimate of drug-likeness (QED) is 0.130. The van der Waals surface area contributed by atoms with Crippen molar-refractivity contribution in [3.05, 3.63) is 60.8 Å². The highest BCUT2D eigenvalue weighted by Gasteiger charge is 2.58. The first-order chi connectivity index (χ1) is 52.6. The molecule has 16 bridgehead atoms. The summed E-state index contributed by atoms with van der Waals surface area (Å²) in [5.74, 6) is 2.01. The normalized spacial score (nSPS) is 45.6. The van der Waals surface area contributed by atoms with Crippen LogP contribution in [0, 0.1) is 53.3 Å². The molecule has 0 spiro atoms. The largest absolute Gasteiger partial charge is 0.408 e. The Morgan fingerprint density at radius 2 is 0.937 bits per heavy atom. The van der Waals surface area contributed by atoms with E-state index in [1.54, 1.807) is 6.08 Å². The first kappa shape index (κ1) is 87.3. The number of carbonyl (C=O) groups excluding carboxylic acids is 4. The molecule has 4 N–H and O–H groups in total. The number of carbonyl (C=O) groups is 4. The fraction of sp³-hybridized carbons (Fsp3) is 0.844. The van der Waals surface area contributed by atoms with Gasteiger partial charge in [-0.1, -0.05) is 115 Å². The van der Waals surface area contributed by atoms with Gasteiger partial charge in [0.1, 0.15) is 47.9 Å². The standard InChI is InChI=1S/C50H82O8Si.C40H60O12/c1-14-29(2)23-45-35(8)41-27-37(52)26-40-19-22-43-48(55-40)33(6)34(7)49(57-43)44(58-59(12,13)50(9,10)11)20-16-36(51)15-17-38-25-31(4)42(53-38)21-18-39-24-30(3)32(5)46(54-39)28-47(41)56-45;1-19-11-27-7-9-30-20(2)12-26(47-30)6-5-23(42)15-35-36(45)39-40(52-35)37(46)38-31(51-39)10-8-28(49-38)13-24(43)14-29-22(4)32(16-25(44)18-41)50-34(29)17-33(48-27)21(19)3/h16,20,29-30,33-35,38-49H,4-5,14-15,17-19,21-28H2,1-3,6-13H3;19,22,25-41,44-46H,2-3,5-18H2,1,4H3/b20-16+;/t29-,30-,33-,34+,35-,38+,39+,40?,41-,42?,43+,44+,45-,46?,47+,48-,49-;19-,22-,25+,26+,27+,28?,29-,30?,31+,32-,33?,34+,35?,36+,37+,38+,39+,40+/m11/s1. The molecular weight excluding hydrogens is 1430 g/mol. The number of rotatable bonds is 8. The van der Waals surface area contributed by atoms with Gasteiger partial charge in [-0.05, 0) is 196 Å². The van der Waals surface area contributed by atoms with Crippen LogP contribution in [-0.2, 0) is 75.7 Å². The summed E-state index contributed by atoms with van der Waals surface area (Å²) >= 11 is 0. The second kappa shape index (κ2) is 37.5. The molecule has 0 aromatic rings. The van der Waals surface area contributed by atoms with Gasteiger partial charge in [-0.3, -0.25) is 19.2 Å². The minimum absolute atomic E-state index is 0.00479. The minimum Gasteiger partial charge on any atom is -0.408 e. The fourth-order valence-corrected chi connectivity index (χ4v) is 22.1. The van der Waals surface area contributed by atoms with Crippen molar-refractivity contribution in [1.29, 1.82) is 0 Å². The topological polar surface area (TPSA) is 260 Å². The van der Waals surface area contributed by atoms with Crippen LogP contribution in [0.3, 0.4) is 0 Å². The average molecular weight is 1570 g/mol. The molecule has 12 saturated heterocycles. The molecule has 7 unspecified atom stereocenters. The molecule has 111 heavy (non-hydrogen) atoms. The number of ether oxygens (including phenoxy) is 11. The minimum atomic E-state index is -2.23. The Kier molecular flexibility index (Phi) is 29.5. The molecule has 0 radical (unpaired) electrons. The van der Waals surface area contributed by atoms with Crippen LogP contribution < -0.4 is 0 Å². The van der Waals surface area contributed by atoms with Gasteiger partial charge in [0.15, 0.2) is 14.1 Å². The SMILES string of the molecule is C=C1C[C@@H]2CCC(=O)/C=C/[C@H](O[Si](C)(C)C(C)(C)C)[C@@H]3O[C@H]4CCC(CC(=O)C[C@@H]5[C@@H](C)[C@@H](C[C@H](C)CC)O[C@H]5CC5O[C@@H](CCC1O2)C[C@@H](C)C5=C)O[C@@H]4[C@H](C)[C@@H]3C.C=C1C[C@@H]2CCC(=O)CC3O[C@H]4[C@@H](O)[C@H]5OC(CC[C@@H]5O[C@H]4[C@H]3O)CC(=O)C[C@@H]3[C@@H](C)[C@@H](C[C@H](O)CO)O[C@H]3CC3O[C@@H](CCC1O2)C[C@@H](C)C3=C. The molecule has 35 atom stereocenters. The number of Topliss-reactive ketones (excluding diaryl/α,β-unsaturated/α-hetero) is 3. The van der Waals surface area contributed by atoms with E-state index in [9.17, 15) is 39.6 Å². The van der Waals surface area contributed by atoms with Crippen molar-refractivity contribution < 1.29 is 96.1 Å². The van der Waals surface area contributed by atoms with Crippen LogP contribution in [0.4, 0.5) is 0 Å². The van der Waals surface area contributed by atoms with Gasteiger partial charge in [-0.25, -0.2) is 0 Å². The molecule has 20 nitrogen and oxygen atoms in total. The zero-order valence-corrected chi connectivity index (χ0v) is 70.6. The number of hydrogen-bond acceptors (Lipinski definition) is 20. The second-order valence-corrected chi connectivity index (χ2v) is 43.4. The van der Waals surface area contributed by atoms with Crippen LogP contribution in [0.5, 0.6) is 0 Å². The first-order valence-corrected chi connectivity index (χ1v) is 46.5. The maximum atomic E-state index is 14.2. The van der Waals surface area contributed by atoms with Crippen LogP contribution in [0.25, 0.3) is 0 Å². The van der Waals surface area contributed by atoms with E-state index in [-0.39, 0.29) is 212 Å². The van der Waals surface area contributed by atoms with Gasteiger partial charge >= 0.3 is 0 Å². The van der Waals surface area contributed by atoms with Crippen LogP contribution >= 0.6 is 0 Å². The van der Waals surface area contributed by atoms with Crippen molar-refractivity contribution in [2.75, 3.05) is 6.61 Å². The summed E-state index contributed by atoms with van der Waals surface area (Å²) in [5.41, 5.74) is 4.30. The third-order valence-corrected chi connectivity index (χ3v) is 34.0. The van der Waals surface area contributed by atoms with Gasteiger partial charge < -0.3 is 77.0 Å². The molecule has 15 rings (SSSR count). The van der Waals surface area contributed by atoms with Crippen molar-refractivity contribution in [2.45, 2.75) is 420 Å². The van der Waals surface area contributed by atoms with E-state index in [2.05, 4.69) is 116 Å². The maximum Gasteiger partial charge on any atom is 0.193 e. The Balaban J connectivity index is 0.000000208. The summed E-state index contributed by atoms with van der Waals surface area (Å²) in [6.07, 6.45) is 10.9. The predicted octanol–water partition coefficient (Wildman–Crippen LogP) is 13.8. The van der Waals surface area contributed by atoms with Gasteiger partial charge in [0.05, 0.1) is 135 Å². The summed E-state index contributed by atoms with van der Waals surface area (Å²) < 4.78 is 79.8. The third kappa shape index (κ3) is 20.8. The third-order valence-electron chi connectivity index (χ3n) is 29.6. The van der Waals surface area contributed by atoms with E-state index in [0.717, 1.165) is 99.3 Å². The van der Waals surface area contributed by atoms with Crippen molar-refractivity contribution in [3.8, 4) is 0 Å². The highest BCUT2D eigenvalue weighted by atomic mass is 28.4. The van der Waals surface area contributed by atoms with Crippen molar-refractivity contribution in [1.82, 2.24) is 0 Å². The number of aliphatic hydroxyl groups is 4. The average Bonchev–Trinajstić information content (AvgIpc) is 1.67. The molecular formula is C90H142O20Si. The second-order valence-electron chi connectivity index (χ2n) is 38.7. The lowest BCUT2D eigenvalue weighted by Crippen LogP contribution is -2.61. The molecule has 0 amide bonds. The smallest absolute Gasteiger partial charge is 0.193 e. The van der Waals surface area contributed by atoms with Gasteiger partial charge in [0, 0.05) is 64.2 Å². The van der Waals surface area contributed by atoms with E-state index in [1.807, 2.05) is 6.08 Å². The van der Waals surface area contributed by atoms with E-state index >= 15 is 0 Å². The zero-order chi connectivity index (χ0) is 79.8. The lowest BCUT2D eigenvalue weighted by molar-refractivity contribution is -0.259. The van der Waals surface area contributed by atoms with Crippen LogP contribution in [0.15, 0.2) is 60.8 Å². The number of allylic oxidation sites excluding steroid dienone is 1. The van der Waals surface area contributed by atoms with E-state index in [4.69, 9.17) is 56.5 Å². The molecule has 15 aliphatic rings. The van der Waals surface area contributed by atoms with Crippen LogP contribution in [0.2, 0.25) is 18.1 Å². The fourth-order valence-electron chi connectivity index (χ4n) is 20.9. The van der Waals surface area contributed by atoms with Gasteiger partial charge in [-0.2, -0.15) is 0 Å². The Bertz CT molecular complexity index is 3250. The van der Waals surface area contributed by atoms with E-state index < -0.39 is 63.3 Å². The summed E-state index contributed by atoms with van der Waals surface area (Å²) in [6, 6.07) is 0. The molecule has 15 aliphatic heterocycles. The molecule has 626 valence electrons.